The number of nitrogens with zero attached hydrogens (tertiary/aromatic N) is 2. The lowest BCUT2D eigenvalue weighted by atomic mass is 10.1. The van der Waals surface area contributed by atoms with Crippen LogP contribution in [0.2, 0.25) is 0 Å². The summed E-state index contributed by atoms with van der Waals surface area (Å²) in [4.78, 5) is 4.93. The maximum Gasteiger partial charge on any atom is 0.203 e. The van der Waals surface area contributed by atoms with Crippen molar-refractivity contribution in [3.8, 4) is 23.0 Å². The van der Waals surface area contributed by atoms with Gasteiger partial charge in [-0.15, -0.1) is 0 Å². The van der Waals surface area contributed by atoms with Crippen molar-refractivity contribution in [1.29, 1.82) is 0 Å². The average molecular weight is 386 g/mol. The molecular formula is C22H30N2O4. The third kappa shape index (κ3) is 4.62. The molecule has 0 aliphatic carbocycles. The van der Waals surface area contributed by atoms with Gasteiger partial charge in [0.2, 0.25) is 5.75 Å². The van der Waals surface area contributed by atoms with E-state index in [4.69, 9.17) is 18.9 Å². The highest BCUT2D eigenvalue weighted by Crippen LogP contribution is 2.38. The topological polar surface area (TPSA) is 43.4 Å². The molecule has 0 radical (unpaired) electrons. The average Bonchev–Trinajstić information content (AvgIpc) is 2.77. The van der Waals surface area contributed by atoms with Crippen molar-refractivity contribution in [2.24, 2.45) is 0 Å². The second kappa shape index (κ2) is 9.55. The summed E-state index contributed by atoms with van der Waals surface area (Å²) in [5.41, 5.74) is 2.44. The van der Waals surface area contributed by atoms with Crippen molar-refractivity contribution in [3.63, 3.8) is 0 Å². The summed E-state index contributed by atoms with van der Waals surface area (Å²) in [6.07, 6.45) is 0.944. The Bertz CT molecular complexity index is 731. The minimum absolute atomic E-state index is 0.641. The van der Waals surface area contributed by atoms with Crippen LogP contribution in [0.15, 0.2) is 36.4 Å². The van der Waals surface area contributed by atoms with Crippen LogP contribution in [-0.2, 0) is 6.42 Å². The van der Waals surface area contributed by atoms with Gasteiger partial charge in [-0.05, 0) is 48.4 Å². The molecule has 0 spiro atoms. The van der Waals surface area contributed by atoms with Crippen LogP contribution in [0, 0.1) is 0 Å². The van der Waals surface area contributed by atoms with Crippen LogP contribution >= 0.6 is 0 Å². The Hall–Kier alpha value is -2.60. The van der Waals surface area contributed by atoms with Gasteiger partial charge in [-0.25, -0.2) is 0 Å². The Labute approximate surface area is 167 Å². The van der Waals surface area contributed by atoms with Gasteiger partial charge >= 0.3 is 0 Å². The summed E-state index contributed by atoms with van der Waals surface area (Å²) < 4.78 is 21.6. The van der Waals surface area contributed by atoms with E-state index in [2.05, 4.69) is 21.9 Å². The van der Waals surface area contributed by atoms with Gasteiger partial charge < -0.3 is 23.8 Å². The number of hydrogen-bond acceptors (Lipinski definition) is 6. The second-order valence-corrected chi connectivity index (χ2v) is 6.81. The van der Waals surface area contributed by atoms with Crippen LogP contribution in [0.3, 0.4) is 0 Å². The molecule has 1 saturated heterocycles. The van der Waals surface area contributed by atoms with Gasteiger partial charge in [0.05, 0.1) is 28.4 Å². The molecule has 6 nitrogen and oxygen atoms in total. The van der Waals surface area contributed by atoms with Crippen LogP contribution in [-0.4, -0.2) is 66.1 Å². The quantitative estimate of drug-likeness (QED) is 0.695. The third-order valence-electron chi connectivity index (χ3n) is 5.25. The smallest absolute Gasteiger partial charge is 0.203 e. The maximum atomic E-state index is 5.46. The molecule has 0 saturated carbocycles. The normalized spacial score (nSPS) is 14.6. The van der Waals surface area contributed by atoms with Gasteiger partial charge in [-0.3, -0.25) is 4.90 Å². The van der Waals surface area contributed by atoms with E-state index in [1.54, 1.807) is 28.4 Å². The lowest BCUT2D eigenvalue weighted by Gasteiger charge is -2.36. The van der Waals surface area contributed by atoms with E-state index in [-0.39, 0.29) is 0 Å². The van der Waals surface area contributed by atoms with Crippen molar-refractivity contribution in [2.75, 3.05) is 66.1 Å². The van der Waals surface area contributed by atoms with Gasteiger partial charge in [0, 0.05) is 38.4 Å². The molecule has 1 fully saturated rings. The highest BCUT2D eigenvalue weighted by atomic mass is 16.5. The summed E-state index contributed by atoms with van der Waals surface area (Å²) in [5, 5.41) is 0. The highest BCUT2D eigenvalue weighted by Gasteiger charge is 2.18. The molecule has 2 aromatic carbocycles. The number of hydrogen-bond donors (Lipinski definition) is 0. The zero-order valence-corrected chi connectivity index (χ0v) is 17.2. The Morgan fingerprint density at radius 1 is 0.750 bits per heavy atom. The number of piperazine rings is 1. The summed E-state index contributed by atoms with van der Waals surface area (Å²) in [6, 6.07) is 12.4. The Kier molecular flexibility index (Phi) is 6.87. The number of anilines is 1. The van der Waals surface area contributed by atoms with E-state index < -0.39 is 0 Å². The van der Waals surface area contributed by atoms with Crippen molar-refractivity contribution in [3.05, 3.63) is 42.0 Å². The SMILES string of the molecule is COc1ccc(N2CCN(CCc3cc(OC)c(OC)c(OC)c3)CC2)cc1. The Balaban J connectivity index is 1.55. The molecule has 152 valence electrons. The summed E-state index contributed by atoms with van der Waals surface area (Å²) in [5.74, 6) is 2.96. The molecule has 0 atom stereocenters. The van der Waals surface area contributed by atoms with Crippen LogP contribution < -0.4 is 23.8 Å². The summed E-state index contributed by atoms with van der Waals surface area (Å²) in [7, 11) is 6.63. The molecule has 6 heteroatoms. The number of benzene rings is 2. The zero-order valence-electron chi connectivity index (χ0n) is 17.2. The molecule has 0 amide bonds. The van der Waals surface area contributed by atoms with Crippen LogP contribution in [0.4, 0.5) is 5.69 Å². The van der Waals surface area contributed by atoms with Gasteiger partial charge in [0.15, 0.2) is 11.5 Å². The van der Waals surface area contributed by atoms with Crippen LogP contribution in [0.25, 0.3) is 0 Å². The fourth-order valence-corrected chi connectivity index (χ4v) is 3.59. The maximum absolute atomic E-state index is 5.46. The fraction of sp³-hybridized carbons (Fsp3) is 0.455. The Morgan fingerprint density at radius 2 is 1.36 bits per heavy atom. The molecule has 0 unspecified atom stereocenters. The molecule has 3 rings (SSSR count). The number of rotatable bonds is 8. The van der Waals surface area contributed by atoms with E-state index in [0.717, 1.165) is 44.9 Å². The van der Waals surface area contributed by atoms with Gasteiger partial charge in [0.1, 0.15) is 5.75 Å². The van der Waals surface area contributed by atoms with E-state index in [0.29, 0.717) is 17.2 Å². The largest absolute Gasteiger partial charge is 0.497 e. The molecule has 0 bridgehead atoms. The van der Waals surface area contributed by atoms with Gasteiger partial charge in [-0.2, -0.15) is 0 Å². The minimum Gasteiger partial charge on any atom is -0.497 e. The van der Waals surface area contributed by atoms with Crippen molar-refractivity contribution >= 4 is 5.69 Å². The van der Waals surface area contributed by atoms with Crippen LogP contribution in [0.5, 0.6) is 23.0 Å². The molecule has 1 aliphatic heterocycles. The van der Waals surface area contributed by atoms with Crippen molar-refractivity contribution < 1.29 is 18.9 Å². The molecule has 2 aromatic rings. The van der Waals surface area contributed by atoms with Crippen molar-refractivity contribution in [1.82, 2.24) is 4.90 Å². The first-order valence-corrected chi connectivity index (χ1v) is 9.58. The minimum atomic E-state index is 0.641. The summed E-state index contributed by atoms with van der Waals surface area (Å²) >= 11 is 0. The van der Waals surface area contributed by atoms with E-state index in [1.165, 1.54) is 11.3 Å². The monoisotopic (exact) mass is 386 g/mol. The first-order chi connectivity index (χ1) is 13.7. The number of ether oxygens (including phenoxy) is 4. The lowest BCUT2D eigenvalue weighted by molar-refractivity contribution is 0.260. The predicted octanol–water partition coefficient (Wildman–Crippen LogP) is 3.09. The molecule has 1 heterocycles. The first-order valence-electron chi connectivity index (χ1n) is 9.58. The number of methoxy groups -OCH3 is 4. The zero-order chi connectivity index (χ0) is 19.9. The van der Waals surface area contributed by atoms with Gasteiger partial charge in [-0.1, -0.05) is 0 Å². The van der Waals surface area contributed by atoms with E-state index >= 15 is 0 Å². The Morgan fingerprint density at radius 3 is 1.86 bits per heavy atom. The summed E-state index contributed by atoms with van der Waals surface area (Å²) in [6.45, 7) is 5.17. The second-order valence-electron chi connectivity index (χ2n) is 6.81. The molecular weight excluding hydrogens is 356 g/mol. The standard InChI is InChI=1S/C22H30N2O4/c1-25-19-7-5-18(6-8-19)24-13-11-23(12-14-24)10-9-17-15-20(26-2)22(28-4)21(16-17)27-3/h5-8,15-16H,9-14H2,1-4H3. The third-order valence-corrected chi connectivity index (χ3v) is 5.25. The molecule has 28 heavy (non-hydrogen) atoms. The molecule has 0 aromatic heterocycles. The van der Waals surface area contributed by atoms with E-state index in [9.17, 15) is 0 Å². The van der Waals surface area contributed by atoms with Gasteiger partial charge in [0.25, 0.3) is 0 Å². The molecule has 1 aliphatic rings. The van der Waals surface area contributed by atoms with Crippen LogP contribution in [0.1, 0.15) is 5.56 Å². The highest BCUT2D eigenvalue weighted by molar-refractivity contribution is 5.54. The fourth-order valence-electron chi connectivity index (χ4n) is 3.59. The predicted molar refractivity (Wildman–Crippen MR) is 111 cm³/mol. The first kappa shape index (κ1) is 20.1. The van der Waals surface area contributed by atoms with E-state index in [1.807, 2.05) is 24.3 Å². The molecule has 0 N–H and O–H groups in total. The lowest BCUT2D eigenvalue weighted by Crippen LogP contribution is -2.47. The van der Waals surface area contributed by atoms with Crippen molar-refractivity contribution in [2.45, 2.75) is 6.42 Å².